The van der Waals surface area contributed by atoms with Gasteiger partial charge in [-0.1, -0.05) is 0 Å². The zero-order valence-corrected chi connectivity index (χ0v) is 10.3. The third kappa shape index (κ3) is 2.46. The summed E-state index contributed by atoms with van der Waals surface area (Å²) in [4.78, 5) is 3.87. The van der Waals surface area contributed by atoms with E-state index in [1.807, 2.05) is 11.3 Å². The highest BCUT2D eigenvalue weighted by atomic mass is 79.9. The summed E-state index contributed by atoms with van der Waals surface area (Å²) in [7, 11) is 0. The van der Waals surface area contributed by atoms with E-state index in [1.54, 1.807) is 0 Å². The van der Waals surface area contributed by atoms with Gasteiger partial charge in [-0.2, -0.15) is 0 Å². The summed E-state index contributed by atoms with van der Waals surface area (Å²) < 4.78 is 1.20. The third-order valence-electron chi connectivity index (χ3n) is 2.25. The van der Waals surface area contributed by atoms with Gasteiger partial charge in [0.1, 0.15) is 0 Å². The third-order valence-corrected chi connectivity index (χ3v) is 4.37. The summed E-state index contributed by atoms with van der Waals surface area (Å²) in [5.41, 5.74) is 0. The lowest BCUT2D eigenvalue weighted by Crippen LogP contribution is -2.46. The summed E-state index contributed by atoms with van der Waals surface area (Å²) in [6, 6.07) is 2.19. The molecule has 1 aliphatic heterocycles. The minimum Gasteiger partial charge on any atom is -0.298 e. The van der Waals surface area contributed by atoms with Crippen LogP contribution >= 0.6 is 38.9 Å². The SMILES string of the molecule is ClCC1CN(Cc2cc(Br)cs2)C1. The fourth-order valence-corrected chi connectivity index (χ4v) is 3.25. The predicted molar refractivity (Wildman–Crippen MR) is 61.5 cm³/mol. The van der Waals surface area contributed by atoms with E-state index in [4.69, 9.17) is 11.6 Å². The maximum Gasteiger partial charge on any atom is 0.0328 e. The molecule has 0 radical (unpaired) electrons. The number of hydrogen-bond donors (Lipinski definition) is 0. The molecule has 4 heteroatoms. The smallest absolute Gasteiger partial charge is 0.0328 e. The van der Waals surface area contributed by atoms with Crippen molar-refractivity contribution in [2.24, 2.45) is 5.92 Å². The average molecular weight is 281 g/mol. The summed E-state index contributed by atoms with van der Waals surface area (Å²) in [6.07, 6.45) is 0. The molecule has 0 bridgehead atoms. The van der Waals surface area contributed by atoms with Crippen LogP contribution in [0.3, 0.4) is 0 Å². The predicted octanol–water partition coefficient (Wildman–Crippen LogP) is 3.18. The molecule has 0 N–H and O–H groups in total. The molecule has 1 fully saturated rings. The van der Waals surface area contributed by atoms with Gasteiger partial charge in [-0.15, -0.1) is 22.9 Å². The molecule has 0 amide bonds. The van der Waals surface area contributed by atoms with E-state index in [2.05, 4.69) is 32.3 Å². The molecule has 0 spiro atoms. The Morgan fingerprint density at radius 3 is 2.92 bits per heavy atom. The van der Waals surface area contributed by atoms with Crippen LogP contribution in [0.5, 0.6) is 0 Å². The van der Waals surface area contributed by atoms with Crippen molar-refractivity contribution in [2.75, 3.05) is 19.0 Å². The Kier molecular flexibility index (Phi) is 3.30. The normalized spacial score (nSPS) is 18.9. The molecule has 2 rings (SSSR count). The van der Waals surface area contributed by atoms with Crippen molar-refractivity contribution in [1.29, 1.82) is 0 Å². The minimum absolute atomic E-state index is 0.727. The van der Waals surface area contributed by atoms with Gasteiger partial charge in [-0.3, -0.25) is 4.90 Å². The van der Waals surface area contributed by atoms with Crippen molar-refractivity contribution in [3.63, 3.8) is 0 Å². The average Bonchev–Trinajstić information content (AvgIpc) is 2.43. The van der Waals surface area contributed by atoms with E-state index < -0.39 is 0 Å². The second kappa shape index (κ2) is 4.30. The van der Waals surface area contributed by atoms with Crippen LogP contribution in [0.25, 0.3) is 0 Å². The van der Waals surface area contributed by atoms with Gasteiger partial charge in [-0.05, 0) is 27.9 Å². The van der Waals surface area contributed by atoms with Gasteiger partial charge < -0.3 is 0 Å². The Bertz CT molecular complexity index is 283. The van der Waals surface area contributed by atoms with Crippen LogP contribution in [0.15, 0.2) is 15.9 Å². The molecule has 1 nitrogen and oxygen atoms in total. The molecule has 13 heavy (non-hydrogen) atoms. The number of likely N-dealkylation sites (tertiary alicyclic amines) is 1. The largest absolute Gasteiger partial charge is 0.298 e. The molecule has 0 atom stereocenters. The highest BCUT2D eigenvalue weighted by Gasteiger charge is 2.25. The van der Waals surface area contributed by atoms with Gasteiger partial charge in [0.05, 0.1) is 0 Å². The Hall–Kier alpha value is 0.430. The number of hydrogen-bond acceptors (Lipinski definition) is 2. The van der Waals surface area contributed by atoms with Crippen molar-refractivity contribution in [2.45, 2.75) is 6.54 Å². The van der Waals surface area contributed by atoms with Crippen LogP contribution in [0.4, 0.5) is 0 Å². The molecule has 2 heterocycles. The fourth-order valence-electron chi connectivity index (χ4n) is 1.56. The maximum atomic E-state index is 5.74. The van der Waals surface area contributed by atoms with Crippen molar-refractivity contribution >= 4 is 38.9 Å². The second-order valence-corrected chi connectivity index (χ2v) is 5.67. The molecule has 72 valence electrons. The van der Waals surface area contributed by atoms with Crippen molar-refractivity contribution in [1.82, 2.24) is 4.90 Å². The number of alkyl halides is 1. The standard InChI is InChI=1S/C9H11BrClNS/c10-8-1-9(13-6-8)5-12-3-7(2-11)4-12/h1,6-7H,2-5H2. The fraction of sp³-hybridized carbons (Fsp3) is 0.556. The monoisotopic (exact) mass is 279 g/mol. The van der Waals surface area contributed by atoms with E-state index in [0.29, 0.717) is 0 Å². The number of nitrogens with zero attached hydrogens (tertiary/aromatic N) is 1. The molecule has 0 unspecified atom stereocenters. The molecule has 0 aliphatic carbocycles. The van der Waals surface area contributed by atoms with E-state index in [1.165, 1.54) is 22.4 Å². The Morgan fingerprint density at radius 2 is 2.38 bits per heavy atom. The number of thiophene rings is 1. The summed E-state index contributed by atoms with van der Waals surface area (Å²) in [6.45, 7) is 3.42. The summed E-state index contributed by atoms with van der Waals surface area (Å²) >= 11 is 11.0. The topological polar surface area (TPSA) is 3.24 Å². The van der Waals surface area contributed by atoms with Gasteiger partial charge in [-0.25, -0.2) is 0 Å². The summed E-state index contributed by atoms with van der Waals surface area (Å²) in [5.74, 6) is 1.54. The van der Waals surface area contributed by atoms with E-state index in [9.17, 15) is 0 Å². The molecule has 1 aromatic rings. The molecule has 1 aliphatic rings. The highest BCUT2D eigenvalue weighted by molar-refractivity contribution is 9.10. The van der Waals surface area contributed by atoms with E-state index in [0.717, 1.165) is 18.3 Å². The van der Waals surface area contributed by atoms with Crippen LogP contribution in [0.2, 0.25) is 0 Å². The zero-order valence-electron chi connectivity index (χ0n) is 7.17. The van der Waals surface area contributed by atoms with Gasteiger partial charge in [0.25, 0.3) is 0 Å². The van der Waals surface area contributed by atoms with Gasteiger partial charge in [0.2, 0.25) is 0 Å². The molecular weight excluding hydrogens is 270 g/mol. The van der Waals surface area contributed by atoms with E-state index in [-0.39, 0.29) is 0 Å². The summed E-state index contributed by atoms with van der Waals surface area (Å²) in [5, 5.41) is 2.13. The lowest BCUT2D eigenvalue weighted by atomic mass is 10.0. The van der Waals surface area contributed by atoms with Gasteiger partial charge in [0.15, 0.2) is 0 Å². The molecular formula is C9H11BrClNS. The second-order valence-electron chi connectivity index (χ2n) is 3.45. The van der Waals surface area contributed by atoms with Crippen molar-refractivity contribution in [3.05, 3.63) is 20.8 Å². The van der Waals surface area contributed by atoms with Crippen LogP contribution in [-0.4, -0.2) is 23.9 Å². The first-order valence-electron chi connectivity index (χ1n) is 4.29. The Morgan fingerprint density at radius 1 is 1.62 bits per heavy atom. The number of rotatable bonds is 3. The van der Waals surface area contributed by atoms with E-state index >= 15 is 0 Å². The molecule has 1 aromatic heterocycles. The van der Waals surface area contributed by atoms with Crippen LogP contribution in [0, 0.1) is 5.92 Å². The first-order valence-corrected chi connectivity index (χ1v) is 6.50. The van der Waals surface area contributed by atoms with Crippen molar-refractivity contribution < 1.29 is 0 Å². The Balaban J connectivity index is 1.81. The van der Waals surface area contributed by atoms with Gasteiger partial charge >= 0.3 is 0 Å². The molecule has 1 saturated heterocycles. The minimum atomic E-state index is 0.727. The van der Waals surface area contributed by atoms with Crippen molar-refractivity contribution in [3.8, 4) is 0 Å². The maximum absolute atomic E-state index is 5.74. The zero-order chi connectivity index (χ0) is 9.26. The highest BCUT2D eigenvalue weighted by Crippen LogP contribution is 2.25. The van der Waals surface area contributed by atoms with Gasteiger partial charge in [0, 0.05) is 40.2 Å². The van der Waals surface area contributed by atoms with Crippen LogP contribution in [-0.2, 0) is 6.54 Å². The molecule has 0 aromatic carbocycles. The number of halogens is 2. The lowest BCUT2D eigenvalue weighted by Gasteiger charge is -2.37. The molecule has 0 saturated carbocycles. The lowest BCUT2D eigenvalue weighted by molar-refractivity contribution is 0.108. The van der Waals surface area contributed by atoms with Crippen LogP contribution in [0.1, 0.15) is 4.88 Å². The first-order chi connectivity index (χ1) is 6.28. The first kappa shape index (κ1) is 9.97. The quantitative estimate of drug-likeness (QED) is 0.769. The van der Waals surface area contributed by atoms with Crippen LogP contribution < -0.4 is 0 Å². The Labute approximate surface area is 95.8 Å².